The Labute approximate surface area is 118 Å². The lowest BCUT2D eigenvalue weighted by atomic mass is 10.1. The van der Waals surface area contributed by atoms with Gasteiger partial charge in [0.25, 0.3) is 5.91 Å². The minimum absolute atomic E-state index is 0.159. The highest BCUT2D eigenvalue weighted by atomic mass is 16.2. The number of aromatic nitrogens is 1. The molecule has 1 atom stereocenters. The van der Waals surface area contributed by atoms with E-state index in [0.29, 0.717) is 11.4 Å². The summed E-state index contributed by atoms with van der Waals surface area (Å²) >= 11 is 0. The minimum Gasteiger partial charge on any atom is -0.357 e. The highest BCUT2D eigenvalue weighted by molar-refractivity contribution is 5.98. The second-order valence-corrected chi connectivity index (χ2v) is 4.77. The number of hydrogen-bond donors (Lipinski definition) is 4. The van der Waals surface area contributed by atoms with Gasteiger partial charge in [-0.05, 0) is 25.0 Å². The fourth-order valence-electron chi connectivity index (χ4n) is 1.61. The number of nitrogens with zero attached hydrogens (tertiary/aromatic N) is 1. The first-order chi connectivity index (χ1) is 9.38. The molecule has 0 bridgehead atoms. The first-order valence-corrected chi connectivity index (χ1v) is 6.40. The van der Waals surface area contributed by atoms with Crippen LogP contribution >= 0.6 is 0 Å². The summed E-state index contributed by atoms with van der Waals surface area (Å²) < 4.78 is 0. The van der Waals surface area contributed by atoms with Crippen LogP contribution in [-0.4, -0.2) is 29.9 Å². The second kappa shape index (κ2) is 6.85. The number of nitrogen functional groups attached to an aromatic ring is 1. The van der Waals surface area contributed by atoms with Gasteiger partial charge in [0.05, 0.1) is 0 Å². The van der Waals surface area contributed by atoms with Crippen LogP contribution in [0.5, 0.6) is 0 Å². The second-order valence-electron chi connectivity index (χ2n) is 4.77. The lowest BCUT2D eigenvalue weighted by Gasteiger charge is -2.14. The van der Waals surface area contributed by atoms with Gasteiger partial charge in [-0.2, -0.15) is 0 Å². The molecule has 110 valence electrons. The van der Waals surface area contributed by atoms with Gasteiger partial charge in [-0.25, -0.2) is 10.8 Å². The van der Waals surface area contributed by atoms with E-state index in [1.165, 1.54) is 13.1 Å². The molecule has 0 aliphatic heterocycles. The van der Waals surface area contributed by atoms with Gasteiger partial charge in [-0.1, -0.05) is 13.8 Å². The van der Waals surface area contributed by atoms with Gasteiger partial charge >= 0.3 is 0 Å². The van der Waals surface area contributed by atoms with E-state index in [1.54, 1.807) is 13.0 Å². The normalized spacial score (nSPS) is 11.9. The number of rotatable bonds is 5. The topological polar surface area (TPSA) is 109 Å². The third kappa shape index (κ3) is 3.92. The lowest BCUT2D eigenvalue weighted by Crippen LogP contribution is -2.43. The number of anilines is 1. The number of carbonyl (C=O) groups is 2. The third-order valence-electron chi connectivity index (χ3n) is 2.83. The van der Waals surface area contributed by atoms with Crippen LogP contribution in [0.3, 0.4) is 0 Å². The molecule has 2 amide bonds. The molecule has 0 saturated carbocycles. The van der Waals surface area contributed by atoms with E-state index in [0.717, 1.165) is 5.69 Å². The number of hydrogen-bond acceptors (Lipinski definition) is 5. The molecule has 20 heavy (non-hydrogen) atoms. The molecule has 5 N–H and O–H groups in total. The Kier molecular flexibility index (Phi) is 5.45. The fraction of sp³-hybridized carbons (Fsp3) is 0.462. The first kappa shape index (κ1) is 15.9. The summed E-state index contributed by atoms with van der Waals surface area (Å²) in [5.41, 5.74) is 3.59. The van der Waals surface area contributed by atoms with Crippen LogP contribution in [0.4, 0.5) is 5.82 Å². The maximum Gasteiger partial charge on any atom is 0.252 e. The van der Waals surface area contributed by atoms with Crippen LogP contribution in [0.15, 0.2) is 12.1 Å². The SMILES string of the molecule is CNC(=O)C(C)NC(=O)c1cc(NN)nc(C(C)C)c1. The van der Waals surface area contributed by atoms with Crippen LogP contribution in [-0.2, 0) is 4.79 Å². The molecule has 1 rings (SSSR count). The van der Waals surface area contributed by atoms with Crippen LogP contribution in [0.25, 0.3) is 0 Å². The number of likely N-dealkylation sites (N-methyl/N-ethyl adjacent to an activating group) is 1. The Bertz CT molecular complexity index is 502. The lowest BCUT2D eigenvalue weighted by molar-refractivity contribution is -0.122. The Hall–Kier alpha value is -2.15. The molecule has 0 saturated heterocycles. The summed E-state index contributed by atoms with van der Waals surface area (Å²) in [4.78, 5) is 27.8. The Morgan fingerprint density at radius 3 is 2.40 bits per heavy atom. The van der Waals surface area contributed by atoms with E-state index >= 15 is 0 Å². The van der Waals surface area contributed by atoms with E-state index in [-0.39, 0.29) is 17.7 Å². The zero-order valence-electron chi connectivity index (χ0n) is 12.2. The van der Waals surface area contributed by atoms with Gasteiger partial charge in [0, 0.05) is 18.3 Å². The zero-order chi connectivity index (χ0) is 15.3. The van der Waals surface area contributed by atoms with Crippen molar-refractivity contribution >= 4 is 17.6 Å². The fourth-order valence-corrected chi connectivity index (χ4v) is 1.61. The summed E-state index contributed by atoms with van der Waals surface area (Å²) in [5.74, 6) is 5.32. The monoisotopic (exact) mass is 279 g/mol. The summed E-state index contributed by atoms with van der Waals surface area (Å²) in [6.45, 7) is 5.55. The predicted octanol–water partition coefficient (Wildman–Crippen LogP) is 0.355. The minimum atomic E-state index is -0.613. The van der Waals surface area contributed by atoms with Gasteiger partial charge in [0.15, 0.2) is 0 Å². The quantitative estimate of drug-likeness (QED) is 0.459. The van der Waals surface area contributed by atoms with Crippen molar-refractivity contribution < 1.29 is 9.59 Å². The molecule has 0 spiro atoms. The summed E-state index contributed by atoms with van der Waals surface area (Å²) in [7, 11) is 1.52. The Morgan fingerprint density at radius 1 is 1.25 bits per heavy atom. The number of nitrogens with one attached hydrogen (secondary N) is 3. The van der Waals surface area contributed by atoms with Gasteiger partial charge in [0.2, 0.25) is 5.91 Å². The molecule has 1 unspecified atom stereocenters. The van der Waals surface area contributed by atoms with Crippen LogP contribution in [0, 0.1) is 0 Å². The van der Waals surface area contributed by atoms with Gasteiger partial charge < -0.3 is 16.1 Å². The largest absolute Gasteiger partial charge is 0.357 e. The van der Waals surface area contributed by atoms with E-state index < -0.39 is 6.04 Å². The molecule has 1 aromatic heterocycles. The molecular formula is C13H21N5O2. The summed E-state index contributed by atoms with van der Waals surface area (Å²) in [5, 5.41) is 5.09. The maximum absolute atomic E-state index is 12.1. The predicted molar refractivity (Wildman–Crippen MR) is 77.1 cm³/mol. The highest BCUT2D eigenvalue weighted by Gasteiger charge is 2.17. The molecule has 0 aliphatic rings. The molecule has 7 heteroatoms. The van der Waals surface area contributed by atoms with Crippen LogP contribution < -0.4 is 21.9 Å². The smallest absolute Gasteiger partial charge is 0.252 e. The van der Waals surface area contributed by atoms with Crippen LogP contribution in [0.2, 0.25) is 0 Å². The number of pyridine rings is 1. The average molecular weight is 279 g/mol. The van der Waals surface area contributed by atoms with Gasteiger partial charge in [-0.3, -0.25) is 9.59 Å². The average Bonchev–Trinajstić information content (AvgIpc) is 2.45. The van der Waals surface area contributed by atoms with Crippen molar-refractivity contribution in [2.45, 2.75) is 32.7 Å². The van der Waals surface area contributed by atoms with Gasteiger partial charge in [0.1, 0.15) is 11.9 Å². The number of amides is 2. The number of carbonyl (C=O) groups excluding carboxylic acids is 2. The molecule has 1 heterocycles. The number of hydrazine groups is 1. The molecule has 0 radical (unpaired) electrons. The van der Waals surface area contributed by atoms with Crippen LogP contribution in [0.1, 0.15) is 42.7 Å². The van der Waals surface area contributed by atoms with E-state index in [9.17, 15) is 9.59 Å². The molecule has 0 aliphatic carbocycles. The van der Waals surface area contributed by atoms with Crippen molar-refractivity contribution in [3.05, 3.63) is 23.4 Å². The zero-order valence-corrected chi connectivity index (χ0v) is 12.2. The van der Waals surface area contributed by atoms with E-state index in [4.69, 9.17) is 5.84 Å². The molecule has 0 aromatic carbocycles. The van der Waals surface area contributed by atoms with Crippen molar-refractivity contribution in [1.29, 1.82) is 0 Å². The van der Waals surface area contributed by atoms with Crippen molar-refractivity contribution in [3.8, 4) is 0 Å². The first-order valence-electron chi connectivity index (χ1n) is 6.40. The van der Waals surface area contributed by atoms with Crippen molar-refractivity contribution in [1.82, 2.24) is 15.6 Å². The van der Waals surface area contributed by atoms with E-state index in [2.05, 4.69) is 21.0 Å². The number of nitrogens with two attached hydrogens (primary N) is 1. The van der Waals surface area contributed by atoms with Crippen molar-refractivity contribution in [2.75, 3.05) is 12.5 Å². The highest BCUT2D eigenvalue weighted by Crippen LogP contribution is 2.17. The molecule has 0 fully saturated rings. The molecule has 7 nitrogen and oxygen atoms in total. The third-order valence-corrected chi connectivity index (χ3v) is 2.83. The Balaban J connectivity index is 2.97. The Morgan fingerprint density at radius 2 is 1.90 bits per heavy atom. The molecular weight excluding hydrogens is 258 g/mol. The van der Waals surface area contributed by atoms with Crippen molar-refractivity contribution in [2.24, 2.45) is 5.84 Å². The summed E-state index contributed by atoms with van der Waals surface area (Å²) in [6.07, 6.45) is 0. The molecule has 1 aromatic rings. The van der Waals surface area contributed by atoms with Gasteiger partial charge in [-0.15, -0.1) is 0 Å². The van der Waals surface area contributed by atoms with Crippen molar-refractivity contribution in [3.63, 3.8) is 0 Å². The standard InChI is InChI=1S/C13H21N5O2/c1-7(2)10-5-9(6-11(17-10)18-14)13(20)16-8(3)12(19)15-4/h5-8H,14H2,1-4H3,(H,15,19)(H,16,20)(H,17,18). The summed E-state index contributed by atoms with van der Waals surface area (Å²) in [6, 6.07) is 2.62. The maximum atomic E-state index is 12.1. The van der Waals surface area contributed by atoms with E-state index in [1.807, 2.05) is 13.8 Å².